The topological polar surface area (TPSA) is 42.4 Å². The van der Waals surface area contributed by atoms with E-state index in [1.165, 1.54) is 6.92 Å². The first-order chi connectivity index (χ1) is 6.31. The number of rotatable bonds is 1. The van der Waals surface area contributed by atoms with Gasteiger partial charge in [-0.05, 0) is 6.92 Å². The van der Waals surface area contributed by atoms with E-state index in [4.69, 9.17) is 5.11 Å². The number of ether oxygens (including phenoxy) is 1. The van der Waals surface area contributed by atoms with E-state index in [1.54, 1.807) is 0 Å². The van der Waals surface area contributed by atoms with Crippen LogP contribution in [0.5, 0.6) is 11.5 Å². The lowest BCUT2D eigenvalue weighted by Gasteiger charge is -2.10. The summed E-state index contributed by atoms with van der Waals surface area (Å²) in [6.07, 6.45) is -4.46. The molecule has 0 spiro atoms. The minimum Gasteiger partial charge on any atom is -0.503 e. The first-order valence-corrected chi connectivity index (χ1v) is 3.41. The molecule has 1 rings (SSSR count). The predicted octanol–water partition coefficient (Wildman–Crippen LogP) is 2.13. The van der Waals surface area contributed by atoms with Gasteiger partial charge in [0.15, 0.2) is 11.5 Å². The second kappa shape index (κ2) is 3.32. The van der Waals surface area contributed by atoms with E-state index in [0.717, 1.165) is 0 Å². The zero-order valence-electron chi connectivity index (χ0n) is 6.89. The molecular formula is C7H5F4NO2. The molecule has 1 heterocycles. The molecular weight excluding hydrogens is 206 g/mol. The lowest BCUT2D eigenvalue weighted by Crippen LogP contribution is -2.18. The molecule has 1 aromatic rings. The van der Waals surface area contributed by atoms with Gasteiger partial charge in [-0.15, -0.1) is 13.2 Å². The highest BCUT2D eigenvalue weighted by Gasteiger charge is 2.33. The number of aryl methyl sites for hydroxylation is 1. The van der Waals surface area contributed by atoms with Crippen LogP contribution in [0.1, 0.15) is 5.69 Å². The van der Waals surface area contributed by atoms with Crippen molar-refractivity contribution in [2.75, 3.05) is 0 Å². The van der Waals surface area contributed by atoms with Gasteiger partial charge in [0.25, 0.3) is 0 Å². The number of halogens is 4. The summed E-state index contributed by atoms with van der Waals surface area (Å²) < 4.78 is 51.1. The molecule has 78 valence electrons. The third kappa shape index (κ3) is 2.24. The maximum absolute atomic E-state index is 12.9. The normalized spacial score (nSPS) is 11.5. The first-order valence-electron chi connectivity index (χ1n) is 3.41. The summed E-state index contributed by atoms with van der Waals surface area (Å²) in [5, 5.41) is 8.90. The third-order valence-corrected chi connectivity index (χ3v) is 1.37. The zero-order chi connectivity index (χ0) is 10.9. The summed E-state index contributed by atoms with van der Waals surface area (Å²) in [7, 11) is 0. The summed E-state index contributed by atoms with van der Waals surface area (Å²) in [5.74, 6) is -3.58. The minimum atomic E-state index is -5.01. The summed E-state index contributed by atoms with van der Waals surface area (Å²) >= 11 is 0. The molecule has 0 aliphatic rings. The van der Waals surface area contributed by atoms with E-state index in [0.29, 0.717) is 6.20 Å². The van der Waals surface area contributed by atoms with Crippen LogP contribution in [0.25, 0.3) is 0 Å². The van der Waals surface area contributed by atoms with Gasteiger partial charge in [0, 0.05) is 0 Å². The highest BCUT2D eigenvalue weighted by Crippen LogP contribution is 2.30. The summed E-state index contributed by atoms with van der Waals surface area (Å²) in [6, 6.07) is 0. The third-order valence-electron chi connectivity index (χ3n) is 1.37. The van der Waals surface area contributed by atoms with Gasteiger partial charge in [-0.1, -0.05) is 0 Å². The Morgan fingerprint density at radius 2 is 2.00 bits per heavy atom. The number of aromatic hydroxyl groups is 1. The zero-order valence-corrected chi connectivity index (χ0v) is 6.89. The van der Waals surface area contributed by atoms with Crippen LogP contribution in [0.2, 0.25) is 0 Å². The van der Waals surface area contributed by atoms with Crippen LogP contribution in [-0.2, 0) is 0 Å². The molecule has 0 radical (unpaired) electrons. The average Bonchev–Trinajstić information content (AvgIpc) is 2.04. The molecule has 1 N–H and O–H groups in total. The Hall–Kier alpha value is -1.53. The maximum atomic E-state index is 12.9. The molecule has 14 heavy (non-hydrogen) atoms. The molecule has 0 atom stereocenters. The molecule has 0 aliphatic carbocycles. The predicted molar refractivity (Wildman–Crippen MR) is 37.3 cm³/mol. The monoisotopic (exact) mass is 211 g/mol. The lowest BCUT2D eigenvalue weighted by atomic mass is 10.3. The Kier molecular flexibility index (Phi) is 2.50. The molecule has 0 amide bonds. The molecule has 0 bridgehead atoms. The van der Waals surface area contributed by atoms with E-state index >= 15 is 0 Å². The Morgan fingerprint density at radius 1 is 1.43 bits per heavy atom. The van der Waals surface area contributed by atoms with Crippen molar-refractivity contribution in [1.82, 2.24) is 4.98 Å². The van der Waals surface area contributed by atoms with Crippen LogP contribution < -0.4 is 4.74 Å². The number of alkyl halides is 3. The van der Waals surface area contributed by atoms with Gasteiger partial charge in [-0.25, -0.2) is 0 Å². The summed E-state index contributed by atoms with van der Waals surface area (Å²) in [4.78, 5) is 3.31. The SMILES string of the molecule is Cc1ncc(OC(F)(F)F)c(F)c1O. The van der Waals surface area contributed by atoms with Crippen molar-refractivity contribution < 1.29 is 27.4 Å². The van der Waals surface area contributed by atoms with Crippen molar-refractivity contribution in [1.29, 1.82) is 0 Å². The summed E-state index contributed by atoms with van der Waals surface area (Å²) in [5.41, 5.74) is -0.114. The highest BCUT2D eigenvalue weighted by molar-refractivity contribution is 5.35. The Balaban J connectivity index is 3.06. The maximum Gasteiger partial charge on any atom is 0.573 e. The van der Waals surface area contributed by atoms with E-state index in [9.17, 15) is 17.6 Å². The molecule has 0 aromatic carbocycles. The van der Waals surface area contributed by atoms with Gasteiger partial charge >= 0.3 is 6.36 Å². The quantitative estimate of drug-likeness (QED) is 0.723. The van der Waals surface area contributed by atoms with Crippen LogP contribution in [0.15, 0.2) is 6.20 Å². The van der Waals surface area contributed by atoms with E-state index in [1.807, 2.05) is 0 Å². The fourth-order valence-corrected chi connectivity index (χ4v) is 0.745. The Labute approximate surface area is 76.0 Å². The molecule has 0 fully saturated rings. The smallest absolute Gasteiger partial charge is 0.503 e. The van der Waals surface area contributed by atoms with Gasteiger partial charge in [-0.3, -0.25) is 4.98 Å². The molecule has 0 saturated carbocycles. The van der Waals surface area contributed by atoms with Crippen molar-refractivity contribution in [3.63, 3.8) is 0 Å². The van der Waals surface area contributed by atoms with Gasteiger partial charge in [0.05, 0.1) is 11.9 Å². The van der Waals surface area contributed by atoms with Gasteiger partial charge in [0.1, 0.15) is 0 Å². The Morgan fingerprint density at radius 3 is 2.50 bits per heavy atom. The van der Waals surface area contributed by atoms with Gasteiger partial charge in [-0.2, -0.15) is 4.39 Å². The molecule has 0 aliphatic heterocycles. The van der Waals surface area contributed by atoms with Gasteiger partial charge < -0.3 is 9.84 Å². The molecule has 0 saturated heterocycles. The fourth-order valence-electron chi connectivity index (χ4n) is 0.745. The van der Waals surface area contributed by atoms with Crippen molar-refractivity contribution in [2.45, 2.75) is 13.3 Å². The highest BCUT2D eigenvalue weighted by atomic mass is 19.4. The molecule has 7 heteroatoms. The molecule has 0 unspecified atom stereocenters. The van der Waals surface area contributed by atoms with Crippen molar-refractivity contribution >= 4 is 0 Å². The second-order valence-electron chi connectivity index (χ2n) is 2.42. The van der Waals surface area contributed by atoms with Crippen LogP contribution in [0.3, 0.4) is 0 Å². The fraction of sp³-hybridized carbons (Fsp3) is 0.286. The number of pyridine rings is 1. The van der Waals surface area contributed by atoms with Crippen LogP contribution in [0.4, 0.5) is 17.6 Å². The number of nitrogens with zero attached hydrogens (tertiary/aromatic N) is 1. The van der Waals surface area contributed by atoms with E-state index in [-0.39, 0.29) is 5.69 Å². The van der Waals surface area contributed by atoms with E-state index in [2.05, 4.69) is 9.72 Å². The van der Waals surface area contributed by atoms with Crippen molar-refractivity contribution in [2.24, 2.45) is 0 Å². The Bertz CT molecular complexity index is 350. The number of aromatic nitrogens is 1. The van der Waals surface area contributed by atoms with Crippen LogP contribution in [-0.4, -0.2) is 16.5 Å². The van der Waals surface area contributed by atoms with Crippen LogP contribution >= 0.6 is 0 Å². The van der Waals surface area contributed by atoms with Crippen LogP contribution in [0, 0.1) is 12.7 Å². The van der Waals surface area contributed by atoms with Gasteiger partial charge in [0.2, 0.25) is 5.82 Å². The van der Waals surface area contributed by atoms with Crippen molar-refractivity contribution in [3.05, 3.63) is 17.7 Å². The molecule has 1 aromatic heterocycles. The average molecular weight is 211 g/mol. The summed E-state index contributed by atoms with van der Waals surface area (Å²) in [6.45, 7) is 1.25. The second-order valence-corrected chi connectivity index (χ2v) is 2.42. The number of hydrogen-bond acceptors (Lipinski definition) is 3. The standard InChI is InChI=1S/C7H5F4NO2/c1-3-6(13)5(8)4(2-12-3)14-7(9,10)11/h2,13H,1H3. The lowest BCUT2D eigenvalue weighted by molar-refractivity contribution is -0.275. The number of hydrogen-bond donors (Lipinski definition) is 1. The molecule has 3 nitrogen and oxygen atoms in total. The van der Waals surface area contributed by atoms with Crippen molar-refractivity contribution in [3.8, 4) is 11.5 Å². The largest absolute Gasteiger partial charge is 0.573 e. The minimum absolute atomic E-state index is 0.114. The van der Waals surface area contributed by atoms with E-state index < -0.39 is 23.7 Å². The first kappa shape index (κ1) is 10.6.